The molecule has 1 aromatic heterocycles. The molecule has 0 aliphatic rings. The Hall–Kier alpha value is -3.08. The van der Waals surface area contributed by atoms with Gasteiger partial charge in [-0.2, -0.15) is 0 Å². The second kappa shape index (κ2) is 6.58. The first-order chi connectivity index (χ1) is 11.6. The zero-order chi connectivity index (χ0) is 17.1. The van der Waals surface area contributed by atoms with Crippen LogP contribution in [0, 0.1) is 0 Å². The molecule has 0 unspecified atom stereocenters. The van der Waals surface area contributed by atoms with Crippen LogP contribution in [0.2, 0.25) is 0 Å². The molecule has 0 radical (unpaired) electrons. The monoisotopic (exact) mass is 323 g/mol. The second-order valence-electron chi connectivity index (χ2n) is 5.32. The van der Waals surface area contributed by atoms with Gasteiger partial charge in [-0.05, 0) is 49.4 Å². The second-order valence-corrected chi connectivity index (χ2v) is 5.32. The van der Waals surface area contributed by atoms with Crippen molar-refractivity contribution in [3.05, 3.63) is 58.8 Å². The molecule has 1 heterocycles. The van der Waals surface area contributed by atoms with Gasteiger partial charge in [-0.1, -0.05) is 0 Å². The summed E-state index contributed by atoms with van der Waals surface area (Å²) in [7, 11) is 0. The van der Waals surface area contributed by atoms with E-state index in [1.54, 1.807) is 18.2 Å². The van der Waals surface area contributed by atoms with Gasteiger partial charge >= 0.3 is 0 Å². The van der Waals surface area contributed by atoms with Crippen molar-refractivity contribution in [2.24, 2.45) is 0 Å². The first kappa shape index (κ1) is 15.8. The maximum absolute atomic E-state index is 12.4. The van der Waals surface area contributed by atoms with Gasteiger partial charge in [-0.25, -0.2) is 0 Å². The summed E-state index contributed by atoms with van der Waals surface area (Å²) < 4.78 is 11.2. The highest BCUT2D eigenvalue weighted by molar-refractivity contribution is 5.92. The normalized spacial score (nSPS) is 10.6. The fourth-order valence-electron chi connectivity index (χ4n) is 2.46. The third kappa shape index (κ3) is 3.30. The molecular formula is C19H17NO4. The van der Waals surface area contributed by atoms with E-state index in [0.29, 0.717) is 29.0 Å². The Labute approximate surface area is 138 Å². The highest BCUT2D eigenvalue weighted by Crippen LogP contribution is 2.25. The summed E-state index contributed by atoms with van der Waals surface area (Å²) in [6.45, 7) is 3.94. The highest BCUT2D eigenvalue weighted by Gasteiger charge is 2.08. The standard InChI is InChI=1S/C19H17NO4/c1-3-23-15-7-4-13(5-8-15)19-11-17(22)16-10-14(20-12(2)21)6-9-18(16)24-19/h4-11H,3H2,1-2H3,(H,20,21). The van der Waals surface area contributed by atoms with Crippen molar-refractivity contribution in [2.45, 2.75) is 13.8 Å². The molecule has 3 aromatic rings. The van der Waals surface area contributed by atoms with Crippen molar-refractivity contribution in [1.82, 2.24) is 0 Å². The Balaban J connectivity index is 2.01. The van der Waals surface area contributed by atoms with E-state index in [4.69, 9.17) is 9.15 Å². The minimum Gasteiger partial charge on any atom is -0.494 e. The van der Waals surface area contributed by atoms with Crippen LogP contribution in [0.3, 0.4) is 0 Å². The number of anilines is 1. The number of hydrogen-bond donors (Lipinski definition) is 1. The van der Waals surface area contributed by atoms with Crippen LogP contribution in [0.5, 0.6) is 5.75 Å². The summed E-state index contributed by atoms with van der Waals surface area (Å²) in [4.78, 5) is 23.5. The van der Waals surface area contributed by atoms with Crippen LogP contribution in [0.25, 0.3) is 22.3 Å². The van der Waals surface area contributed by atoms with Crippen LogP contribution in [0.1, 0.15) is 13.8 Å². The van der Waals surface area contributed by atoms with Crippen LogP contribution in [-0.4, -0.2) is 12.5 Å². The number of fused-ring (bicyclic) bond motifs is 1. The summed E-state index contributed by atoms with van der Waals surface area (Å²) in [5.41, 5.74) is 1.67. The summed E-state index contributed by atoms with van der Waals surface area (Å²) in [6, 6.07) is 13.8. The quantitative estimate of drug-likeness (QED) is 0.792. The Morgan fingerprint density at radius 2 is 1.88 bits per heavy atom. The fraction of sp³-hybridized carbons (Fsp3) is 0.158. The number of rotatable bonds is 4. The van der Waals surface area contributed by atoms with Crippen molar-refractivity contribution in [1.29, 1.82) is 0 Å². The first-order valence-corrected chi connectivity index (χ1v) is 7.65. The third-order valence-corrected chi connectivity index (χ3v) is 3.50. The van der Waals surface area contributed by atoms with Gasteiger partial charge in [0.2, 0.25) is 5.91 Å². The zero-order valence-corrected chi connectivity index (χ0v) is 13.5. The molecule has 24 heavy (non-hydrogen) atoms. The molecule has 0 aliphatic heterocycles. The summed E-state index contributed by atoms with van der Waals surface area (Å²) in [6.07, 6.45) is 0. The number of amides is 1. The molecule has 1 amide bonds. The van der Waals surface area contributed by atoms with Crippen LogP contribution in [0.4, 0.5) is 5.69 Å². The summed E-state index contributed by atoms with van der Waals surface area (Å²) in [5, 5.41) is 3.08. The fourth-order valence-corrected chi connectivity index (χ4v) is 2.46. The Morgan fingerprint density at radius 1 is 1.12 bits per heavy atom. The average molecular weight is 323 g/mol. The Morgan fingerprint density at radius 3 is 2.54 bits per heavy atom. The zero-order valence-electron chi connectivity index (χ0n) is 13.5. The first-order valence-electron chi connectivity index (χ1n) is 7.65. The van der Waals surface area contributed by atoms with E-state index in [0.717, 1.165) is 11.3 Å². The van der Waals surface area contributed by atoms with Gasteiger partial charge in [-0.15, -0.1) is 0 Å². The third-order valence-electron chi connectivity index (χ3n) is 3.50. The van der Waals surface area contributed by atoms with E-state index in [-0.39, 0.29) is 11.3 Å². The lowest BCUT2D eigenvalue weighted by Crippen LogP contribution is -2.07. The van der Waals surface area contributed by atoms with E-state index in [2.05, 4.69) is 5.32 Å². The average Bonchev–Trinajstić information content (AvgIpc) is 2.56. The lowest BCUT2D eigenvalue weighted by molar-refractivity contribution is -0.114. The molecule has 0 spiro atoms. The van der Waals surface area contributed by atoms with Crippen LogP contribution < -0.4 is 15.5 Å². The van der Waals surface area contributed by atoms with E-state index in [9.17, 15) is 9.59 Å². The van der Waals surface area contributed by atoms with Gasteiger partial charge in [0.15, 0.2) is 5.43 Å². The molecule has 5 heteroatoms. The van der Waals surface area contributed by atoms with Crippen molar-refractivity contribution in [3.8, 4) is 17.1 Å². The lowest BCUT2D eigenvalue weighted by atomic mass is 10.1. The van der Waals surface area contributed by atoms with Crippen LogP contribution in [0.15, 0.2) is 57.7 Å². The number of carbonyl (C=O) groups excluding carboxylic acids is 1. The predicted octanol–water partition coefficient (Wildman–Crippen LogP) is 3.82. The van der Waals surface area contributed by atoms with Crippen molar-refractivity contribution < 1.29 is 13.9 Å². The van der Waals surface area contributed by atoms with Gasteiger partial charge in [0, 0.05) is 24.2 Å². The maximum Gasteiger partial charge on any atom is 0.221 e. The number of carbonyl (C=O) groups is 1. The van der Waals surface area contributed by atoms with E-state index < -0.39 is 0 Å². The minimum atomic E-state index is -0.190. The van der Waals surface area contributed by atoms with Crippen molar-refractivity contribution in [3.63, 3.8) is 0 Å². The molecular weight excluding hydrogens is 306 g/mol. The van der Waals surface area contributed by atoms with E-state index >= 15 is 0 Å². The van der Waals surface area contributed by atoms with E-state index in [1.165, 1.54) is 13.0 Å². The highest BCUT2D eigenvalue weighted by atomic mass is 16.5. The molecule has 0 atom stereocenters. The lowest BCUT2D eigenvalue weighted by Gasteiger charge is -2.07. The molecule has 3 rings (SSSR count). The number of benzene rings is 2. The molecule has 0 saturated heterocycles. The maximum atomic E-state index is 12.4. The molecule has 0 aliphatic carbocycles. The van der Waals surface area contributed by atoms with Gasteiger partial charge in [0.25, 0.3) is 0 Å². The van der Waals surface area contributed by atoms with Crippen molar-refractivity contribution >= 4 is 22.6 Å². The summed E-state index contributed by atoms with van der Waals surface area (Å²) in [5.74, 6) is 1.07. The SMILES string of the molecule is CCOc1ccc(-c2cc(=O)c3cc(NC(C)=O)ccc3o2)cc1. The number of nitrogens with one attached hydrogen (secondary N) is 1. The Bertz CT molecular complexity index is 942. The predicted molar refractivity (Wildman–Crippen MR) is 93.4 cm³/mol. The molecule has 2 aromatic carbocycles. The molecule has 0 fully saturated rings. The summed E-state index contributed by atoms with van der Waals surface area (Å²) >= 11 is 0. The number of ether oxygens (including phenoxy) is 1. The van der Waals surface area contributed by atoms with E-state index in [1.807, 2.05) is 31.2 Å². The molecule has 0 bridgehead atoms. The number of hydrogen-bond acceptors (Lipinski definition) is 4. The topological polar surface area (TPSA) is 68.5 Å². The van der Waals surface area contributed by atoms with Crippen LogP contribution >= 0.6 is 0 Å². The molecule has 5 nitrogen and oxygen atoms in total. The van der Waals surface area contributed by atoms with Crippen molar-refractivity contribution in [2.75, 3.05) is 11.9 Å². The molecule has 1 N–H and O–H groups in total. The molecule has 122 valence electrons. The molecule has 0 saturated carbocycles. The smallest absolute Gasteiger partial charge is 0.221 e. The minimum absolute atomic E-state index is 0.160. The van der Waals surface area contributed by atoms with Gasteiger partial charge in [0.1, 0.15) is 17.1 Å². The van der Waals surface area contributed by atoms with Gasteiger partial charge in [0.05, 0.1) is 12.0 Å². The van der Waals surface area contributed by atoms with Crippen LogP contribution in [-0.2, 0) is 4.79 Å². The Kier molecular flexibility index (Phi) is 4.33. The largest absolute Gasteiger partial charge is 0.494 e. The van der Waals surface area contributed by atoms with Gasteiger partial charge < -0.3 is 14.5 Å². The van der Waals surface area contributed by atoms with Gasteiger partial charge in [-0.3, -0.25) is 9.59 Å².